The molecule has 6 nitrogen and oxygen atoms in total. The van der Waals surface area contributed by atoms with E-state index in [4.69, 9.17) is 14.2 Å². The van der Waals surface area contributed by atoms with Gasteiger partial charge in [0, 0.05) is 19.9 Å². The minimum atomic E-state index is -0.390. The zero-order valence-corrected chi connectivity index (χ0v) is 10.7. The van der Waals surface area contributed by atoms with Crippen LogP contribution in [0.25, 0.3) is 0 Å². The molecule has 0 saturated carbocycles. The molecule has 100 valence electrons. The maximum absolute atomic E-state index is 11.5. The summed E-state index contributed by atoms with van der Waals surface area (Å²) < 4.78 is 17.3. The van der Waals surface area contributed by atoms with Gasteiger partial charge in [0.2, 0.25) is 0 Å². The number of ether oxygens (including phenoxy) is 3. The minimum Gasteiger partial charge on any atom is -0.465 e. The molecule has 1 unspecified atom stereocenters. The van der Waals surface area contributed by atoms with Crippen LogP contribution in [0.4, 0.5) is 0 Å². The van der Waals surface area contributed by atoms with Crippen molar-refractivity contribution in [2.24, 2.45) is 7.05 Å². The summed E-state index contributed by atoms with van der Waals surface area (Å²) in [6.07, 6.45) is 3.93. The summed E-state index contributed by atoms with van der Waals surface area (Å²) >= 11 is 0. The first-order valence-electron chi connectivity index (χ1n) is 6.01. The Morgan fingerprint density at radius 1 is 1.67 bits per heavy atom. The van der Waals surface area contributed by atoms with Crippen molar-refractivity contribution < 1.29 is 19.0 Å². The molecule has 0 spiro atoms. The van der Waals surface area contributed by atoms with E-state index in [1.54, 1.807) is 17.9 Å². The third-order valence-electron chi connectivity index (χ3n) is 2.88. The Hall–Kier alpha value is -1.40. The first kappa shape index (κ1) is 13.0. The maximum Gasteiger partial charge on any atom is 0.341 e. The molecule has 1 aromatic rings. The fourth-order valence-corrected chi connectivity index (χ4v) is 1.98. The highest BCUT2D eigenvalue weighted by Gasteiger charge is 2.18. The second-order valence-corrected chi connectivity index (χ2v) is 4.30. The van der Waals surface area contributed by atoms with Crippen molar-refractivity contribution in [3.63, 3.8) is 0 Å². The summed E-state index contributed by atoms with van der Waals surface area (Å²) in [5.74, 6) is -0.390. The molecule has 0 aromatic carbocycles. The molecule has 0 N–H and O–H groups in total. The molecule has 1 fully saturated rings. The van der Waals surface area contributed by atoms with Crippen molar-refractivity contribution in [3.8, 4) is 0 Å². The molecule has 1 aromatic heterocycles. The van der Waals surface area contributed by atoms with Crippen LogP contribution in [0, 0.1) is 0 Å². The first-order chi connectivity index (χ1) is 8.70. The van der Waals surface area contributed by atoms with Crippen LogP contribution >= 0.6 is 0 Å². The largest absolute Gasteiger partial charge is 0.465 e. The van der Waals surface area contributed by atoms with Gasteiger partial charge in [0.25, 0.3) is 0 Å². The average molecular weight is 254 g/mol. The highest BCUT2D eigenvalue weighted by Crippen LogP contribution is 2.14. The van der Waals surface area contributed by atoms with Gasteiger partial charge in [-0.1, -0.05) is 0 Å². The second-order valence-electron chi connectivity index (χ2n) is 4.30. The molecule has 6 heteroatoms. The molecule has 0 aliphatic carbocycles. The van der Waals surface area contributed by atoms with E-state index in [-0.39, 0.29) is 12.1 Å². The summed E-state index contributed by atoms with van der Waals surface area (Å²) in [6, 6.07) is 0. The number of aryl methyl sites for hydroxylation is 1. The third-order valence-corrected chi connectivity index (χ3v) is 2.88. The van der Waals surface area contributed by atoms with Crippen molar-refractivity contribution >= 4 is 5.97 Å². The quantitative estimate of drug-likeness (QED) is 0.731. The third kappa shape index (κ3) is 3.08. The molecule has 1 atom stereocenters. The minimum absolute atomic E-state index is 0.176. The lowest BCUT2D eigenvalue weighted by Crippen LogP contribution is -2.15. The molecule has 0 amide bonds. The summed E-state index contributed by atoms with van der Waals surface area (Å²) in [5, 5.41) is 4.19. The average Bonchev–Trinajstić information content (AvgIpc) is 2.98. The molecule has 1 aliphatic rings. The molecular weight excluding hydrogens is 236 g/mol. The van der Waals surface area contributed by atoms with Crippen LogP contribution in [0.2, 0.25) is 0 Å². The number of methoxy groups -OCH3 is 1. The summed E-state index contributed by atoms with van der Waals surface area (Å²) in [7, 11) is 3.11. The fourth-order valence-electron chi connectivity index (χ4n) is 1.98. The van der Waals surface area contributed by atoms with E-state index in [9.17, 15) is 4.79 Å². The van der Waals surface area contributed by atoms with E-state index in [0.717, 1.165) is 19.4 Å². The molecule has 1 aliphatic heterocycles. The van der Waals surface area contributed by atoms with E-state index in [0.29, 0.717) is 24.5 Å². The van der Waals surface area contributed by atoms with Crippen LogP contribution in [0.5, 0.6) is 0 Å². The van der Waals surface area contributed by atoms with Gasteiger partial charge < -0.3 is 14.2 Å². The Kier molecular flexibility index (Phi) is 4.33. The molecular formula is C12H18N2O4. The Balaban J connectivity index is 1.89. The van der Waals surface area contributed by atoms with Crippen LogP contribution in [-0.4, -0.2) is 42.2 Å². The van der Waals surface area contributed by atoms with E-state index >= 15 is 0 Å². The van der Waals surface area contributed by atoms with Crippen LogP contribution in [0.15, 0.2) is 6.20 Å². The van der Waals surface area contributed by atoms with E-state index in [1.165, 1.54) is 7.11 Å². The first-order valence-corrected chi connectivity index (χ1v) is 6.01. The lowest BCUT2D eigenvalue weighted by molar-refractivity contribution is 0.00916. The lowest BCUT2D eigenvalue weighted by atomic mass is 10.2. The number of rotatable bonds is 5. The number of esters is 1. The standard InChI is InChI=1S/C12H18N2O4/c1-14-6-10(12(15)16-2)11(13-14)8-17-7-9-4-3-5-18-9/h6,9H,3-5,7-8H2,1-2H3. The molecule has 18 heavy (non-hydrogen) atoms. The molecule has 0 radical (unpaired) electrons. The van der Waals surface area contributed by atoms with Gasteiger partial charge in [0.15, 0.2) is 0 Å². The number of carbonyl (C=O) groups is 1. The number of hydrogen-bond donors (Lipinski definition) is 0. The Morgan fingerprint density at radius 3 is 3.17 bits per heavy atom. The maximum atomic E-state index is 11.5. The summed E-state index contributed by atoms with van der Waals surface area (Å²) in [5.41, 5.74) is 1.05. The van der Waals surface area contributed by atoms with Crippen molar-refractivity contribution in [1.82, 2.24) is 9.78 Å². The Bertz CT molecular complexity index is 410. The highest BCUT2D eigenvalue weighted by atomic mass is 16.5. The predicted molar refractivity (Wildman–Crippen MR) is 63.2 cm³/mol. The number of aromatic nitrogens is 2. The highest BCUT2D eigenvalue weighted by molar-refractivity contribution is 5.90. The Labute approximate surface area is 106 Å². The molecule has 2 heterocycles. The van der Waals surface area contributed by atoms with E-state index < -0.39 is 0 Å². The molecule has 1 saturated heterocycles. The Morgan fingerprint density at radius 2 is 2.50 bits per heavy atom. The summed E-state index contributed by atoms with van der Waals surface area (Å²) in [4.78, 5) is 11.5. The predicted octanol–water partition coefficient (Wildman–Crippen LogP) is 0.902. The van der Waals surface area contributed by atoms with Crippen molar-refractivity contribution in [2.45, 2.75) is 25.6 Å². The monoisotopic (exact) mass is 254 g/mol. The van der Waals surface area contributed by atoms with Crippen molar-refractivity contribution in [2.75, 3.05) is 20.3 Å². The van der Waals surface area contributed by atoms with Crippen LogP contribution < -0.4 is 0 Å². The SMILES string of the molecule is COC(=O)c1cn(C)nc1COCC1CCCO1. The molecule has 2 rings (SSSR count). The number of hydrogen-bond acceptors (Lipinski definition) is 5. The lowest BCUT2D eigenvalue weighted by Gasteiger charge is -2.09. The van der Waals surface area contributed by atoms with Crippen LogP contribution in [-0.2, 0) is 27.9 Å². The zero-order valence-electron chi connectivity index (χ0n) is 10.7. The number of nitrogens with zero attached hydrogens (tertiary/aromatic N) is 2. The van der Waals surface area contributed by atoms with Crippen LogP contribution in [0.3, 0.4) is 0 Å². The van der Waals surface area contributed by atoms with Gasteiger partial charge in [-0.2, -0.15) is 5.10 Å². The van der Waals surface area contributed by atoms with Gasteiger partial charge in [-0.15, -0.1) is 0 Å². The number of carbonyl (C=O) groups excluding carboxylic acids is 1. The van der Waals surface area contributed by atoms with Gasteiger partial charge in [-0.05, 0) is 12.8 Å². The smallest absolute Gasteiger partial charge is 0.341 e. The second kappa shape index (κ2) is 5.97. The molecule has 0 bridgehead atoms. The van der Waals surface area contributed by atoms with Crippen molar-refractivity contribution in [3.05, 3.63) is 17.5 Å². The van der Waals surface area contributed by atoms with Gasteiger partial charge in [0.05, 0.1) is 26.4 Å². The normalized spacial score (nSPS) is 19.1. The van der Waals surface area contributed by atoms with Gasteiger partial charge in [-0.25, -0.2) is 4.79 Å². The van der Waals surface area contributed by atoms with Crippen LogP contribution in [0.1, 0.15) is 28.9 Å². The van der Waals surface area contributed by atoms with Gasteiger partial charge >= 0.3 is 5.97 Å². The van der Waals surface area contributed by atoms with Crippen molar-refractivity contribution in [1.29, 1.82) is 0 Å². The fraction of sp³-hybridized carbons (Fsp3) is 0.667. The van der Waals surface area contributed by atoms with E-state index in [1.807, 2.05) is 0 Å². The topological polar surface area (TPSA) is 62.6 Å². The summed E-state index contributed by atoms with van der Waals surface area (Å²) in [6.45, 7) is 1.65. The van der Waals surface area contributed by atoms with E-state index in [2.05, 4.69) is 5.10 Å². The van der Waals surface area contributed by atoms with Gasteiger partial charge in [0.1, 0.15) is 11.3 Å². The zero-order chi connectivity index (χ0) is 13.0. The van der Waals surface area contributed by atoms with Gasteiger partial charge in [-0.3, -0.25) is 4.68 Å².